The molecule has 2 rings (SSSR count). The van der Waals surface area contributed by atoms with Gasteiger partial charge in [0.15, 0.2) is 0 Å². The van der Waals surface area contributed by atoms with Gasteiger partial charge < -0.3 is 10.0 Å². The quantitative estimate of drug-likeness (QED) is 0.908. The van der Waals surface area contributed by atoms with Crippen LogP contribution in [0.5, 0.6) is 0 Å². The minimum atomic E-state index is -0.817. The highest BCUT2D eigenvalue weighted by atomic mass is 32.2. The number of carbonyl (C=O) groups is 2. The van der Waals surface area contributed by atoms with E-state index < -0.39 is 11.4 Å². The second-order valence-electron chi connectivity index (χ2n) is 5.81. The minimum Gasteiger partial charge on any atom is -0.481 e. The molecule has 2 unspecified atom stereocenters. The third kappa shape index (κ3) is 3.79. The fourth-order valence-corrected chi connectivity index (χ4v) is 3.37. The van der Waals surface area contributed by atoms with E-state index in [0.717, 1.165) is 5.75 Å². The Morgan fingerprint density at radius 2 is 2.05 bits per heavy atom. The Kier molecular flexibility index (Phi) is 4.93. The van der Waals surface area contributed by atoms with Gasteiger partial charge in [-0.1, -0.05) is 30.3 Å². The Labute approximate surface area is 129 Å². The van der Waals surface area contributed by atoms with Crippen molar-refractivity contribution in [2.75, 3.05) is 13.1 Å². The van der Waals surface area contributed by atoms with Gasteiger partial charge in [0.05, 0.1) is 10.7 Å². The number of aliphatic carboxylic acids is 1. The number of carbonyl (C=O) groups excluding carboxylic acids is 1. The molecule has 1 heterocycles. The summed E-state index contributed by atoms with van der Waals surface area (Å²) in [6.07, 6.45) is 0.532. The number of hydrogen-bond acceptors (Lipinski definition) is 3. The molecule has 1 aliphatic heterocycles. The van der Waals surface area contributed by atoms with Crippen molar-refractivity contribution in [3.8, 4) is 0 Å². The van der Waals surface area contributed by atoms with Crippen LogP contribution in [-0.4, -0.2) is 40.2 Å². The number of carboxylic acids is 1. The number of thioether (sulfide) groups is 1. The molecule has 0 radical (unpaired) electrons. The smallest absolute Gasteiger partial charge is 0.311 e. The number of likely N-dealkylation sites (tertiary alicyclic amines) is 1. The summed E-state index contributed by atoms with van der Waals surface area (Å²) in [6, 6.07) is 10.0. The van der Waals surface area contributed by atoms with Crippen LogP contribution in [0.2, 0.25) is 0 Å². The second kappa shape index (κ2) is 6.52. The lowest BCUT2D eigenvalue weighted by Crippen LogP contribution is -2.38. The molecule has 114 valence electrons. The molecule has 0 aromatic heterocycles. The lowest BCUT2D eigenvalue weighted by atomic mass is 9.90. The lowest BCUT2D eigenvalue weighted by Gasteiger charge is -2.23. The first-order chi connectivity index (χ1) is 9.92. The van der Waals surface area contributed by atoms with Crippen LogP contribution in [0.1, 0.15) is 25.8 Å². The van der Waals surface area contributed by atoms with E-state index in [1.54, 1.807) is 23.6 Å². The van der Waals surface area contributed by atoms with E-state index in [2.05, 4.69) is 0 Å². The molecule has 0 spiro atoms. The Hall–Kier alpha value is -1.49. The van der Waals surface area contributed by atoms with Crippen molar-refractivity contribution in [3.63, 3.8) is 0 Å². The van der Waals surface area contributed by atoms with E-state index in [9.17, 15) is 14.7 Å². The third-order valence-electron chi connectivity index (χ3n) is 3.99. The first-order valence-electron chi connectivity index (χ1n) is 7.10. The molecule has 1 aliphatic rings. The fourth-order valence-electron chi connectivity index (χ4n) is 2.45. The number of rotatable bonds is 5. The van der Waals surface area contributed by atoms with Gasteiger partial charge in [-0.2, -0.15) is 0 Å². The SMILES string of the molecule is CC(SCc1ccccc1)C(=O)N1CCC(C)(C(=O)O)C1. The molecule has 0 saturated carbocycles. The molecule has 1 aromatic rings. The zero-order valence-corrected chi connectivity index (χ0v) is 13.2. The average Bonchev–Trinajstić information content (AvgIpc) is 2.89. The Morgan fingerprint density at radius 3 is 2.62 bits per heavy atom. The van der Waals surface area contributed by atoms with Crippen LogP contribution in [0.4, 0.5) is 0 Å². The molecule has 1 amide bonds. The van der Waals surface area contributed by atoms with Crippen molar-refractivity contribution >= 4 is 23.6 Å². The number of amides is 1. The Morgan fingerprint density at radius 1 is 1.38 bits per heavy atom. The van der Waals surface area contributed by atoms with Crippen LogP contribution in [0.3, 0.4) is 0 Å². The van der Waals surface area contributed by atoms with Crippen LogP contribution in [0, 0.1) is 5.41 Å². The first kappa shape index (κ1) is 15.9. The highest BCUT2D eigenvalue weighted by Crippen LogP contribution is 2.31. The normalized spacial score (nSPS) is 23.0. The van der Waals surface area contributed by atoms with Crippen molar-refractivity contribution in [1.29, 1.82) is 0 Å². The molecular formula is C16H21NO3S. The monoisotopic (exact) mass is 307 g/mol. The molecule has 2 atom stereocenters. The van der Waals surface area contributed by atoms with Crippen LogP contribution in [-0.2, 0) is 15.3 Å². The highest BCUT2D eigenvalue weighted by molar-refractivity contribution is 7.99. The summed E-state index contributed by atoms with van der Waals surface area (Å²) in [7, 11) is 0. The minimum absolute atomic E-state index is 0.0425. The van der Waals surface area contributed by atoms with E-state index in [1.165, 1.54) is 5.56 Å². The summed E-state index contributed by atoms with van der Waals surface area (Å²) >= 11 is 1.59. The van der Waals surface area contributed by atoms with Crippen LogP contribution in [0.15, 0.2) is 30.3 Å². The molecular weight excluding hydrogens is 286 g/mol. The summed E-state index contributed by atoms with van der Waals surface area (Å²) < 4.78 is 0. The van der Waals surface area contributed by atoms with Gasteiger partial charge in [-0.25, -0.2) is 0 Å². The Balaban J connectivity index is 1.87. The summed E-state index contributed by atoms with van der Waals surface area (Å²) in [6.45, 7) is 4.46. The largest absolute Gasteiger partial charge is 0.481 e. The predicted molar refractivity (Wildman–Crippen MR) is 84.1 cm³/mol. The second-order valence-corrected chi connectivity index (χ2v) is 7.14. The maximum absolute atomic E-state index is 12.4. The van der Waals surface area contributed by atoms with Crippen LogP contribution in [0.25, 0.3) is 0 Å². The molecule has 1 fully saturated rings. The van der Waals surface area contributed by atoms with E-state index in [-0.39, 0.29) is 11.2 Å². The maximum Gasteiger partial charge on any atom is 0.311 e. The third-order valence-corrected chi connectivity index (χ3v) is 5.19. The maximum atomic E-state index is 12.4. The lowest BCUT2D eigenvalue weighted by molar-refractivity contribution is -0.147. The molecule has 21 heavy (non-hydrogen) atoms. The van der Waals surface area contributed by atoms with Gasteiger partial charge in [0.25, 0.3) is 0 Å². The number of hydrogen-bond donors (Lipinski definition) is 1. The number of carboxylic acid groups (broad SMARTS) is 1. The fraction of sp³-hybridized carbons (Fsp3) is 0.500. The van der Waals surface area contributed by atoms with Crippen LogP contribution >= 0.6 is 11.8 Å². The molecule has 1 saturated heterocycles. The standard InChI is InChI=1S/C16H21NO3S/c1-12(21-10-13-6-4-3-5-7-13)14(18)17-9-8-16(2,11-17)15(19)20/h3-7,12H,8-11H2,1-2H3,(H,19,20). The van der Waals surface area contributed by atoms with Gasteiger partial charge in [-0.05, 0) is 25.8 Å². The van der Waals surface area contributed by atoms with Crippen molar-refractivity contribution in [1.82, 2.24) is 4.90 Å². The average molecular weight is 307 g/mol. The van der Waals surface area contributed by atoms with E-state index >= 15 is 0 Å². The topological polar surface area (TPSA) is 57.6 Å². The van der Waals surface area contributed by atoms with E-state index in [4.69, 9.17) is 0 Å². The molecule has 1 aromatic carbocycles. The van der Waals surface area contributed by atoms with Gasteiger partial charge in [0.2, 0.25) is 5.91 Å². The van der Waals surface area contributed by atoms with Gasteiger partial charge in [0.1, 0.15) is 0 Å². The van der Waals surface area contributed by atoms with Gasteiger partial charge in [-0.3, -0.25) is 9.59 Å². The van der Waals surface area contributed by atoms with Crippen molar-refractivity contribution in [2.45, 2.75) is 31.3 Å². The Bertz CT molecular complexity index is 520. The van der Waals surface area contributed by atoms with E-state index in [1.807, 2.05) is 37.3 Å². The summed E-state index contributed by atoms with van der Waals surface area (Å²) in [5, 5.41) is 9.07. The predicted octanol–water partition coefficient (Wildman–Crippen LogP) is 2.63. The molecule has 0 bridgehead atoms. The van der Waals surface area contributed by atoms with Crippen molar-refractivity contribution < 1.29 is 14.7 Å². The highest BCUT2D eigenvalue weighted by Gasteiger charge is 2.42. The number of nitrogens with zero attached hydrogens (tertiary/aromatic N) is 1. The van der Waals surface area contributed by atoms with E-state index in [0.29, 0.717) is 19.5 Å². The summed E-state index contributed by atoms with van der Waals surface area (Å²) in [5.74, 6) is 0.0147. The zero-order chi connectivity index (χ0) is 15.5. The van der Waals surface area contributed by atoms with Gasteiger partial charge in [0, 0.05) is 18.8 Å². The van der Waals surface area contributed by atoms with Crippen molar-refractivity contribution in [3.05, 3.63) is 35.9 Å². The van der Waals surface area contributed by atoms with Crippen LogP contribution < -0.4 is 0 Å². The molecule has 0 aliphatic carbocycles. The zero-order valence-electron chi connectivity index (χ0n) is 12.4. The van der Waals surface area contributed by atoms with Gasteiger partial charge in [-0.15, -0.1) is 11.8 Å². The molecule has 4 nitrogen and oxygen atoms in total. The summed E-state index contributed by atoms with van der Waals surface area (Å²) in [5.41, 5.74) is 0.401. The molecule has 5 heteroatoms. The number of benzene rings is 1. The molecule has 1 N–H and O–H groups in total. The van der Waals surface area contributed by atoms with Crippen molar-refractivity contribution in [2.24, 2.45) is 5.41 Å². The van der Waals surface area contributed by atoms with Gasteiger partial charge >= 0.3 is 5.97 Å². The summed E-state index contributed by atoms with van der Waals surface area (Å²) in [4.78, 5) is 25.3. The first-order valence-corrected chi connectivity index (χ1v) is 8.15.